The monoisotopic (exact) mass is 624 g/mol. The number of fused-ring (bicyclic) bond motifs is 1. The number of carbonyl (C=O) groups is 1. The molecule has 3 aliphatic rings. The van der Waals surface area contributed by atoms with Gasteiger partial charge in [0.25, 0.3) is 0 Å². The highest BCUT2D eigenvalue weighted by Crippen LogP contribution is 2.49. The van der Waals surface area contributed by atoms with Gasteiger partial charge in [0.2, 0.25) is 0 Å². The smallest absolute Gasteiger partial charge is 0.410 e. The number of hydrogen-bond acceptors (Lipinski definition) is 9. The molecule has 3 aliphatic heterocycles. The standard InChI is InChI=1S/C30H43F3N6O5/c1-7-18-21(42-24(23(18)43-28(5,6)41)19-8-9-20-25(34)35-17-36-39(19)20)16-38-22(30(31,32)33)10-11-29(38)12-14-37(15-13-29)26(40)44-27(2,3)4/h7-9,17-18,21-24,41H,1,10-16H2,2-6H3,(H2,34,35,36)/t18-,21-,22?,23-,24+/m1/s1. The number of anilines is 1. The van der Waals surface area contributed by atoms with Gasteiger partial charge >= 0.3 is 12.3 Å². The molecule has 5 heterocycles. The van der Waals surface area contributed by atoms with Gasteiger partial charge < -0.3 is 30.0 Å². The Hall–Kier alpha value is -2.94. The van der Waals surface area contributed by atoms with Crippen LogP contribution in [0.25, 0.3) is 5.52 Å². The summed E-state index contributed by atoms with van der Waals surface area (Å²) in [5, 5.41) is 15.0. The third kappa shape index (κ3) is 6.40. The molecular formula is C30H43F3N6O5. The minimum absolute atomic E-state index is 0.0457. The fourth-order valence-corrected chi connectivity index (χ4v) is 6.98. The second kappa shape index (κ2) is 11.5. The molecule has 1 spiro atoms. The SMILES string of the molecule is C=C[C@H]1[C@@H](OC(C)(C)O)[C@H](c2ccc3c(N)ncnn23)O[C@@H]1CN1C(C(F)(F)F)CCC12CCN(C(=O)OC(C)(C)C)CC2. The summed E-state index contributed by atoms with van der Waals surface area (Å²) in [7, 11) is 0. The molecule has 3 N–H and O–H groups in total. The first kappa shape index (κ1) is 32.5. The van der Waals surface area contributed by atoms with E-state index in [-0.39, 0.29) is 31.9 Å². The number of amides is 1. The molecular weight excluding hydrogens is 581 g/mol. The van der Waals surface area contributed by atoms with Gasteiger partial charge in [0.15, 0.2) is 11.6 Å². The molecule has 44 heavy (non-hydrogen) atoms. The molecule has 2 aromatic heterocycles. The van der Waals surface area contributed by atoms with Crippen LogP contribution in [0.2, 0.25) is 0 Å². The van der Waals surface area contributed by atoms with Gasteiger partial charge in [-0.15, -0.1) is 6.58 Å². The zero-order valence-electron chi connectivity index (χ0n) is 25.9. The summed E-state index contributed by atoms with van der Waals surface area (Å²) in [6, 6.07) is 1.83. The van der Waals surface area contributed by atoms with Crippen LogP contribution in [0.15, 0.2) is 31.1 Å². The minimum atomic E-state index is -4.46. The summed E-state index contributed by atoms with van der Waals surface area (Å²) in [5.74, 6) is -1.88. The number of nitrogens with zero attached hydrogens (tertiary/aromatic N) is 5. The number of nitrogens with two attached hydrogens (primary N) is 1. The Labute approximate surface area is 255 Å². The van der Waals surface area contributed by atoms with Crippen LogP contribution in [0.4, 0.5) is 23.8 Å². The highest BCUT2D eigenvalue weighted by Gasteiger charge is 2.59. The quantitative estimate of drug-likeness (QED) is 0.354. The number of likely N-dealkylation sites (tertiary alicyclic amines) is 2. The Bertz CT molecular complexity index is 1360. The van der Waals surface area contributed by atoms with Gasteiger partial charge in [-0.1, -0.05) is 6.08 Å². The third-order valence-electron chi connectivity index (χ3n) is 8.90. The fraction of sp³-hybridized carbons (Fsp3) is 0.700. The van der Waals surface area contributed by atoms with Crippen LogP contribution >= 0.6 is 0 Å². The van der Waals surface area contributed by atoms with Gasteiger partial charge in [-0.2, -0.15) is 18.3 Å². The highest BCUT2D eigenvalue weighted by atomic mass is 19.4. The van der Waals surface area contributed by atoms with E-state index in [9.17, 15) is 23.1 Å². The minimum Gasteiger partial charge on any atom is -0.444 e. The second-order valence-electron chi connectivity index (χ2n) is 13.6. The summed E-state index contributed by atoms with van der Waals surface area (Å²) >= 11 is 0. The van der Waals surface area contributed by atoms with Crippen molar-refractivity contribution in [2.24, 2.45) is 5.92 Å². The molecule has 5 atom stereocenters. The predicted octanol–water partition coefficient (Wildman–Crippen LogP) is 4.46. The van der Waals surface area contributed by atoms with Crippen LogP contribution in [0, 0.1) is 5.92 Å². The van der Waals surface area contributed by atoms with E-state index >= 15 is 0 Å². The van der Waals surface area contributed by atoms with Crippen molar-refractivity contribution >= 4 is 17.4 Å². The number of rotatable bonds is 6. The van der Waals surface area contributed by atoms with E-state index in [0.29, 0.717) is 30.5 Å². The molecule has 14 heteroatoms. The lowest BCUT2D eigenvalue weighted by Crippen LogP contribution is -2.59. The van der Waals surface area contributed by atoms with Gasteiger partial charge in [-0.05, 0) is 72.4 Å². The third-order valence-corrected chi connectivity index (χ3v) is 8.90. The van der Waals surface area contributed by atoms with Gasteiger partial charge in [0.1, 0.15) is 35.7 Å². The molecule has 5 rings (SSSR count). The Morgan fingerprint density at radius 3 is 2.48 bits per heavy atom. The van der Waals surface area contributed by atoms with Crippen LogP contribution in [-0.2, 0) is 14.2 Å². The maximum atomic E-state index is 14.5. The van der Waals surface area contributed by atoms with Crippen molar-refractivity contribution in [2.75, 3.05) is 25.4 Å². The molecule has 0 saturated carbocycles. The van der Waals surface area contributed by atoms with Crippen molar-refractivity contribution in [3.05, 3.63) is 36.8 Å². The van der Waals surface area contributed by atoms with Gasteiger partial charge in [-0.25, -0.2) is 14.3 Å². The van der Waals surface area contributed by atoms with E-state index in [2.05, 4.69) is 16.7 Å². The topological polar surface area (TPSA) is 128 Å². The lowest BCUT2D eigenvalue weighted by atomic mass is 9.84. The lowest BCUT2D eigenvalue weighted by Gasteiger charge is -2.47. The van der Waals surface area contributed by atoms with Crippen molar-refractivity contribution < 1.29 is 37.3 Å². The van der Waals surface area contributed by atoms with Crippen molar-refractivity contribution in [3.63, 3.8) is 0 Å². The summed E-state index contributed by atoms with van der Waals surface area (Å²) in [5.41, 5.74) is 5.70. The average molecular weight is 625 g/mol. The van der Waals surface area contributed by atoms with Crippen LogP contribution < -0.4 is 5.73 Å². The molecule has 1 unspecified atom stereocenters. The van der Waals surface area contributed by atoms with Crippen LogP contribution in [0.5, 0.6) is 0 Å². The number of alkyl halides is 3. The van der Waals surface area contributed by atoms with E-state index in [1.807, 2.05) is 0 Å². The summed E-state index contributed by atoms with van der Waals surface area (Å²) in [4.78, 5) is 19.9. The van der Waals surface area contributed by atoms with E-state index in [0.717, 1.165) is 0 Å². The molecule has 3 fully saturated rings. The van der Waals surface area contributed by atoms with Crippen molar-refractivity contribution in [1.82, 2.24) is 24.4 Å². The molecule has 11 nitrogen and oxygen atoms in total. The first-order valence-electron chi connectivity index (χ1n) is 15.0. The van der Waals surface area contributed by atoms with Gasteiger partial charge in [0.05, 0.1) is 11.8 Å². The Kier molecular flexibility index (Phi) is 8.45. The number of carbonyl (C=O) groups excluding carboxylic acids is 1. The molecule has 0 aliphatic carbocycles. The van der Waals surface area contributed by atoms with Crippen molar-refractivity contribution in [1.29, 1.82) is 0 Å². The van der Waals surface area contributed by atoms with E-state index < -0.39 is 59.5 Å². The average Bonchev–Trinajstić information content (AvgIpc) is 3.57. The Morgan fingerprint density at radius 1 is 1.20 bits per heavy atom. The zero-order valence-corrected chi connectivity index (χ0v) is 25.9. The zero-order chi connectivity index (χ0) is 32.2. The molecule has 0 aromatic carbocycles. The van der Waals surface area contributed by atoms with E-state index in [1.54, 1.807) is 53.3 Å². The number of nitrogen functional groups attached to an aromatic ring is 1. The largest absolute Gasteiger partial charge is 0.444 e. The molecule has 0 radical (unpaired) electrons. The highest BCUT2D eigenvalue weighted by molar-refractivity contribution is 5.68. The lowest BCUT2D eigenvalue weighted by molar-refractivity contribution is -0.220. The van der Waals surface area contributed by atoms with Crippen molar-refractivity contribution in [3.8, 4) is 0 Å². The maximum Gasteiger partial charge on any atom is 0.410 e. The molecule has 244 valence electrons. The van der Waals surface area contributed by atoms with Crippen LogP contribution in [0.1, 0.15) is 72.1 Å². The first-order chi connectivity index (χ1) is 20.4. The number of halogens is 3. The summed E-state index contributed by atoms with van der Waals surface area (Å²) in [6.07, 6.45) is -3.29. The summed E-state index contributed by atoms with van der Waals surface area (Å²) < 4.78 is 63.3. The van der Waals surface area contributed by atoms with E-state index in [1.165, 1.54) is 20.2 Å². The Balaban J connectivity index is 1.45. The number of aliphatic hydroxyl groups is 1. The number of aromatic nitrogens is 3. The normalized spacial score (nSPS) is 28.2. The Morgan fingerprint density at radius 2 is 1.89 bits per heavy atom. The number of piperidine rings is 1. The predicted molar refractivity (Wildman–Crippen MR) is 155 cm³/mol. The molecule has 1 amide bonds. The summed E-state index contributed by atoms with van der Waals surface area (Å²) in [6.45, 7) is 12.8. The van der Waals surface area contributed by atoms with E-state index in [4.69, 9.17) is 19.9 Å². The number of hydrogen-bond donors (Lipinski definition) is 2. The molecule has 2 aromatic rings. The second-order valence-corrected chi connectivity index (χ2v) is 13.6. The molecule has 0 bridgehead atoms. The maximum absolute atomic E-state index is 14.5. The first-order valence-corrected chi connectivity index (χ1v) is 15.0. The van der Waals surface area contributed by atoms with Gasteiger partial charge in [-0.3, -0.25) is 4.90 Å². The van der Waals surface area contributed by atoms with Crippen LogP contribution in [0.3, 0.4) is 0 Å². The molecule has 3 saturated heterocycles. The fourth-order valence-electron chi connectivity index (χ4n) is 6.98. The number of ether oxygens (including phenoxy) is 3. The van der Waals surface area contributed by atoms with Crippen LogP contribution in [-0.4, -0.2) is 96.6 Å². The van der Waals surface area contributed by atoms with Crippen molar-refractivity contribution in [2.45, 2.75) is 108 Å². The van der Waals surface area contributed by atoms with Gasteiger partial charge in [0, 0.05) is 31.1 Å².